The molecule has 0 rings (SSSR count). The highest BCUT2D eigenvalue weighted by Crippen LogP contribution is 2.09. The molecule has 0 radical (unpaired) electrons. The molecule has 0 heterocycles. The van der Waals surface area contributed by atoms with E-state index in [1.807, 2.05) is 6.92 Å². The van der Waals surface area contributed by atoms with Crippen LogP contribution in [0.4, 0.5) is 0 Å². The number of methoxy groups -OCH3 is 1. The van der Waals surface area contributed by atoms with Gasteiger partial charge in [-0.3, -0.25) is 4.79 Å². The van der Waals surface area contributed by atoms with Crippen molar-refractivity contribution in [3.63, 3.8) is 0 Å². The number of carbonyl (C=O) groups is 1. The predicted molar refractivity (Wildman–Crippen MR) is 41.4 cm³/mol. The van der Waals surface area contributed by atoms with Gasteiger partial charge in [-0.2, -0.15) is 0 Å². The van der Waals surface area contributed by atoms with Gasteiger partial charge in [-0.15, -0.1) is 0 Å². The van der Waals surface area contributed by atoms with Gasteiger partial charge in [0.25, 0.3) is 0 Å². The maximum absolute atomic E-state index is 10.2. The molecule has 3 nitrogen and oxygen atoms in total. The van der Waals surface area contributed by atoms with Gasteiger partial charge in [-0.05, 0) is 13.3 Å². The summed E-state index contributed by atoms with van der Waals surface area (Å²) in [5.41, 5.74) is 0. The molecule has 4 heteroatoms. The molecule has 10 heavy (non-hydrogen) atoms. The standard InChI is InChI=1S/C6H11BrO3/c1-4(10-2)3-5(7)6(8)9/h4-5H,3H2,1-2H3,(H,8,9)/t4-,5?/m1/s1. The molecule has 0 amide bonds. The van der Waals surface area contributed by atoms with Gasteiger partial charge in [-0.1, -0.05) is 15.9 Å². The molecule has 60 valence electrons. The third-order valence-electron chi connectivity index (χ3n) is 1.21. The van der Waals surface area contributed by atoms with E-state index in [-0.39, 0.29) is 6.10 Å². The zero-order valence-electron chi connectivity index (χ0n) is 6.00. The number of hydrogen-bond donors (Lipinski definition) is 1. The quantitative estimate of drug-likeness (QED) is 0.712. The Balaban J connectivity index is 3.56. The number of carboxylic acid groups (broad SMARTS) is 1. The van der Waals surface area contributed by atoms with Crippen molar-refractivity contribution in [2.24, 2.45) is 0 Å². The lowest BCUT2D eigenvalue weighted by Crippen LogP contribution is -2.19. The summed E-state index contributed by atoms with van der Waals surface area (Å²) in [7, 11) is 1.56. The van der Waals surface area contributed by atoms with E-state index in [1.165, 1.54) is 0 Å². The molecule has 0 saturated carbocycles. The molecule has 0 aromatic heterocycles. The molecule has 2 atom stereocenters. The summed E-state index contributed by atoms with van der Waals surface area (Å²) in [4.78, 5) is 9.75. The summed E-state index contributed by atoms with van der Waals surface area (Å²) in [6, 6.07) is 0. The third kappa shape index (κ3) is 3.85. The lowest BCUT2D eigenvalue weighted by molar-refractivity contribution is -0.136. The van der Waals surface area contributed by atoms with E-state index in [0.29, 0.717) is 6.42 Å². The van der Waals surface area contributed by atoms with Crippen LogP contribution >= 0.6 is 15.9 Å². The highest BCUT2D eigenvalue weighted by molar-refractivity contribution is 9.10. The first-order chi connectivity index (χ1) is 4.57. The summed E-state index contributed by atoms with van der Waals surface area (Å²) in [6.07, 6.45) is 0.478. The fraction of sp³-hybridized carbons (Fsp3) is 0.833. The van der Waals surface area contributed by atoms with E-state index in [2.05, 4.69) is 15.9 Å². The van der Waals surface area contributed by atoms with Crippen molar-refractivity contribution in [2.45, 2.75) is 24.3 Å². The van der Waals surface area contributed by atoms with Gasteiger partial charge in [0.05, 0.1) is 6.10 Å². The number of ether oxygens (including phenoxy) is 1. The highest BCUT2D eigenvalue weighted by Gasteiger charge is 2.15. The normalized spacial score (nSPS) is 16.3. The summed E-state index contributed by atoms with van der Waals surface area (Å²) in [5.74, 6) is -0.844. The monoisotopic (exact) mass is 210 g/mol. The van der Waals surface area contributed by atoms with Crippen molar-refractivity contribution in [3.8, 4) is 0 Å². The molecule has 0 spiro atoms. The fourth-order valence-corrected chi connectivity index (χ4v) is 1.01. The molecular formula is C6H11BrO3. The second kappa shape index (κ2) is 4.68. The minimum Gasteiger partial charge on any atom is -0.480 e. The Labute approximate surface area is 68.5 Å². The van der Waals surface area contributed by atoms with Crippen molar-refractivity contribution in [1.82, 2.24) is 0 Å². The zero-order chi connectivity index (χ0) is 8.15. The van der Waals surface area contributed by atoms with Crippen molar-refractivity contribution in [2.75, 3.05) is 7.11 Å². The first-order valence-electron chi connectivity index (χ1n) is 2.97. The van der Waals surface area contributed by atoms with Crippen LogP contribution in [-0.4, -0.2) is 29.1 Å². The van der Waals surface area contributed by atoms with Gasteiger partial charge >= 0.3 is 5.97 Å². The highest BCUT2D eigenvalue weighted by atomic mass is 79.9. The van der Waals surface area contributed by atoms with E-state index in [4.69, 9.17) is 9.84 Å². The van der Waals surface area contributed by atoms with Gasteiger partial charge in [0.1, 0.15) is 4.83 Å². The lowest BCUT2D eigenvalue weighted by Gasteiger charge is -2.10. The Morgan fingerprint density at radius 3 is 2.60 bits per heavy atom. The summed E-state index contributed by atoms with van der Waals surface area (Å²) in [5, 5.41) is 8.42. The van der Waals surface area contributed by atoms with Crippen LogP contribution in [0.1, 0.15) is 13.3 Å². The van der Waals surface area contributed by atoms with Gasteiger partial charge in [0, 0.05) is 7.11 Å². The first kappa shape index (κ1) is 9.91. The number of aliphatic carboxylic acids is 1. The first-order valence-corrected chi connectivity index (χ1v) is 3.89. The van der Waals surface area contributed by atoms with Crippen LogP contribution in [0, 0.1) is 0 Å². The van der Waals surface area contributed by atoms with E-state index in [0.717, 1.165) is 0 Å². The zero-order valence-corrected chi connectivity index (χ0v) is 7.59. The Morgan fingerprint density at radius 2 is 2.30 bits per heavy atom. The molecule has 0 aliphatic carbocycles. The fourth-order valence-electron chi connectivity index (χ4n) is 0.488. The number of alkyl halides is 1. The molecule has 1 N–H and O–H groups in total. The lowest BCUT2D eigenvalue weighted by atomic mass is 10.2. The smallest absolute Gasteiger partial charge is 0.317 e. The van der Waals surface area contributed by atoms with E-state index < -0.39 is 10.8 Å². The third-order valence-corrected chi connectivity index (χ3v) is 1.97. The van der Waals surface area contributed by atoms with Crippen molar-refractivity contribution in [1.29, 1.82) is 0 Å². The largest absolute Gasteiger partial charge is 0.480 e. The summed E-state index contributed by atoms with van der Waals surface area (Å²) < 4.78 is 4.88. The molecule has 0 bridgehead atoms. The molecule has 0 aliphatic rings. The summed E-state index contributed by atoms with van der Waals surface area (Å²) >= 11 is 3.00. The SMILES string of the molecule is CO[C@H](C)CC(Br)C(=O)O. The Bertz CT molecular complexity index is 116. The van der Waals surface area contributed by atoms with E-state index in [9.17, 15) is 4.79 Å². The van der Waals surface area contributed by atoms with Crippen LogP contribution < -0.4 is 0 Å². The Kier molecular flexibility index (Phi) is 4.64. The van der Waals surface area contributed by atoms with Gasteiger partial charge in [0.15, 0.2) is 0 Å². The molecular weight excluding hydrogens is 200 g/mol. The number of hydrogen-bond acceptors (Lipinski definition) is 2. The average molecular weight is 211 g/mol. The van der Waals surface area contributed by atoms with Crippen LogP contribution in [0.5, 0.6) is 0 Å². The second-order valence-electron chi connectivity index (χ2n) is 2.09. The molecule has 0 aliphatic heterocycles. The van der Waals surface area contributed by atoms with Crippen LogP contribution in [0.2, 0.25) is 0 Å². The van der Waals surface area contributed by atoms with Gasteiger partial charge in [-0.25, -0.2) is 0 Å². The molecule has 1 unspecified atom stereocenters. The Hall–Kier alpha value is -0.0900. The molecule has 0 saturated heterocycles. The van der Waals surface area contributed by atoms with Gasteiger partial charge < -0.3 is 9.84 Å². The summed E-state index contributed by atoms with van der Waals surface area (Å²) in [6.45, 7) is 1.83. The van der Waals surface area contributed by atoms with Crippen LogP contribution in [-0.2, 0) is 9.53 Å². The van der Waals surface area contributed by atoms with Crippen molar-refractivity contribution in [3.05, 3.63) is 0 Å². The number of rotatable bonds is 4. The molecule has 0 aromatic rings. The van der Waals surface area contributed by atoms with E-state index >= 15 is 0 Å². The predicted octanol–water partition coefficient (Wildman–Crippen LogP) is 1.26. The van der Waals surface area contributed by atoms with E-state index in [1.54, 1.807) is 7.11 Å². The number of carboxylic acids is 1. The molecule has 0 fully saturated rings. The van der Waals surface area contributed by atoms with Crippen LogP contribution in [0.3, 0.4) is 0 Å². The maximum Gasteiger partial charge on any atom is 0.317 e. The minimum atomic E-state index is -0.844. The van der Waals surface area contributed by atoms with Crippen molar-refractivity contribution >= 4 is 21.9 Å². The molecule has 0 aromatic carbocycles. The van der Waals surface area contributed by atoms with Crippen LogP contribution in [0.15, 0.2) is 0 Å². The minimum absolute atomic E-state index is 0.0134. The Morgan fingerprint density at radius 1 is 1.80 bits per heavy atom. The topological polar surface area (TPSA) is 46.5 Å². The average Bonchev–Trinajstić information content (AvgIpc) is 1.87. The van der Waals surface area contributed by atoms with Gasteiger partial charge in [0.2, 0.25) is 0 Å². The second-order valence-corrected chi connectivity index (χ2v) is 3.19. The van der Waals surface area contributed by atoms with Crippen LogP contribution in [0.25, 0.3) is 0 Å². The van der Waals surface area contributed by atoms with Crippen molar-refractivity contribution < 1.29 is 14.6 Å². The maximum atomic E-state index is 10.2. The number of halogens is 1.